The topological polar surface area (TPSA) is 169 Å². The Bertz CT molecular complexity index is 2230. The van der Waals surface area contributed by atoms with E-state index in [0.717, 1.165) is 124 Å². The van der Waals surface area contributed by atoms with E-state index >= 15 is 0 Å². The van der Waals surface area contributed by atoms with Gasteiger partial charge >= 0.3 is 12.0 Å². The third kappa shape index (κ3) is 10.1. The summed E-state index contributed by atoms with van der Waals surface area (Å²) in [7, 11) is 0. The van der Waals surface area contributed by atoms with Crippen LogP contribution >= 0.6 is 0 Å². The summed E-state index contributed by atoms with van der Waals surface area (Å²) in [6.07, 6.45) is 13.3. The summed E-state index contributed by atoms with van der Waals surface area (Å²) in [6, 6.07) is 18.6. The minimum absolute atomic E-state index is 0.344. The number of H-pyrrole nitrogens is 2. The molecule has 6 heterocycles. The van der Waals surface area contributed by atoms with Crippen LogP contribution in [0.4, 0.5) is 11.6 Å². The molecule has 13 nitrogen and oxygen atoms in total. The summed E-state index contributed by atoms with van der Waals surface area (Å²) in [6.45, 7) is 11.1. The maximum absolute atomic E-state index is 6.35. The Morgan fingerprint density at radius 3 is 1.78 bits per heavy atom. The summed E-state index contributed by atoms with van der Waals surface area (Å²) in [5.74, 6) is 1.53. The van der Waals surface area contributed by atoms with E-state index in [9.17, 15) is 0 Å². The number of anilines is 2. The number of nitrogens with zero attached hydrogens (tertiary/aromatic N) is 6. The average molecular weight is 787 g/mol. The number of morpholine rings is 1. The lowest BCUT2D eigenvalue weighted by molar-refractivity contribution is 0.0342. The molecule has 2 aliphatic heterocycles. The van der Waals surface area contributed by atoms with E-state index < -0.39 is 0 Å². The zero-order valence-electron chi connectivity index (χ0n) is 33.8. The number of hydrogen-bond acceptors (Lipinski definition) is 11. The number of piperidine rings is 1. The van der Waals surface area contributed by atoms with Crippen molar-refractivity contribution >= 4 is 33.7 Å². The van der Waals surface area contributed by atoms with Crippen LogP contribution in [-0.4, -0.2) is 92.3 Å². The van der Waals surface area contributed by atoms with Gasteiger partial charge in [-0.15, -0.1) is 0 Å². The standard InChI is InChI=1S/C45H58N10O3/c1-2-3-20-57-44-50-38-36(26-48-40(38)42(46)52-44)25-32-11-15-35(16-12-32)30-55-17-6-8-33(29-55)7-4-5-21-58-45-51-39-37(27-49-41(39)43(47)53-45)24-31-9-13-34(14-10-31)28-54-18-22-56-23-19-54/h9-16,26-27,33,48-49H,2-8,17-25,28-30H2,1H3,(H2,46,50,52)(H2,47,51,53). The molecule has 2 saturated heterocycles. The second kappa shape index (κ2) is 19.0. The lowest BCUT2D eigenvalue weighted by Crippen LogP contribution is -2.35. The highest BCUT2D eigenvalue weighted by molar-refractivity contribution is 5.88. The van der Waals surface area contributed by atoms with Gasteiger partial charge in [0.05, 0.1) is 26.4 Å². The van der Waals surface area contributed by atoms with E-state index in [1.165, 1.54) is 41.5 Å². The van der Waals surface area contributed by atoms with Crippen LogP contribution in [0.2, 0.25) is 0 Å². The summed E-state index contributed by atoms with van der Waals surface area (Å²) in [5, 5.41) is 0. The number of nitrogens with one attached hydrogen (secondary N) is 2. The molecule has 2 fully saturated rings. The largest absolute Gasteiger partial charge is 0.463 e. The molecular weight excluding hydrogens is 729 g/mol. The van der Waals surface area contributed by atoms with Crippen molar-refractivity contribution in [3.63, 3.8) is 0 Å². The molecule has 0 amide bonds. The van der Waals surface area contributed by atoms with Gasteiger partial charge in [-0.05, 0) is 73.2 Å². The lowest BCUT2D eigenvalue weighted by Gasteiger charge is -2.33. The number of benzene rings is 2. The van der Waals surface area contributed by atoms with E-state index in [-0.39, 0.29) is 0 Å². The zero-order chi connectivity index (χ0) is 39.7. The molecule has 6 N–H and O–H groups in total. The summed E-state index contributed by atoms with van der Waals surface area (Å²) < 4.78 is 17.3. The van der Waals surface area contributed by atoms with Crippen LogP contribution < -0.4 is 20.9 Å². The first-order chi connectivity index (χ1) is 28.5. The van der Waals surface area contributed by atoms with Crippen molar-refractivity contribution in [1.29, 1.82) is 0 Å². The van der Waals surface area contributed by atoms with Crippen LogP contribution in [0.25, 0.3) is 22.1 Å². The predicted molar refractivity (Wildman–Crippen MR) is 229 cm³/mol. The molecule has 4 aromatic heterocycles. The van der Waals surface area contributed by atoms with Crippen molar-refractivity contribution in [3.8, 4) is 12.0 Å². The molecule has 2 aromatic carbocycles. The normalized spacial score (nSPS) is 16.7. The highest BCUT2D eigenvalue weighted by atomic mass is 16.5. The van der Waals surface area contributed by atoms with Crippen molar-refractivity contribution in [1.82, 2.24) is 39.7 Å². The minimum Gasteiger partial charge on any atom is -0.463 e. The van der Waals surface area contributed by atoms with Gasteiger partial charge in [-0.1, -0.05) is 61.9 Å². The molecule has 0 bridgehead atoms. The van der Waals surface area contributed by atoms with Gasteiger partial charge in [0.2, 0.25) is 0 Å². The number of unbranched alkanes of at least 4 members (excludes halogenated alkanes) is 2. The second-order valence-electron chi connectivity index (χ2n) is 16.0. The lowest BCUT2D eigenvalue weighted by atomic mass is 9.92. The smallest absolute Gasteiger partial charge is 0.319 e. The first-order valence-corrected chi connectivity index (χ1v) is 21.2. The third-order valence-electron chi connectivity index (χ3n) is 11.5. The molecule has 13 heteroatoms. The molecule has 2 aliphatic rings. The Balaban J connectivity index is 0.777. The fourth-order valence-corrected chi connectivity index (χ4v) is 8.29. The number of aromatic nitrogens is 6. The van der Waals surface area contributed by atoms with E-state index in [1.54, 1.807) is 0 Å². The van der Waals surface area contributed by atoms with Crippen molar-refractivity contribution in [2.75, 3.05) is 64.1 Å². The first-order valence-electron chi connectivity index (χ1n) is 21.2. The molecule has 58 heavy (non-hydrogen) atoms. The van der Waals surface area contributed by atoms with Crippen LogP contribution in [0.5, 0.6) is 12.0 Å². The van der Waals surface area contributed by atoms with Crippen LogP contribution in [-0.2, 0) is 30.7 Å². The fourth-order valence-electron chi connectivity index (χ4n) is 8.29. The van der Waals surface area contributed by atoms with Gasteiger partial charge in [-0.2, -0.15) is 19.9 Å². The van der Waals surface area contributed by atoms with Crippen molar-refractivity contribution in [3.05, 3.63) is 94.3 Å². The summed E-state index contributed by atoms with van der Waals surface area (Å²) in [5.41, 5.74) is 23.0. The number of ether oxygens (including phenoxy) is 3. The summed E-state index contributed by atoms with van der Waals surface area (Å²) >= 11 is 0. The molecule has 306 valence electrons. The molecule has 0 saturated carbocycles. The maximum atomic E-state index is 6.35. The van der Waals surface area contributed by atoms with Crippen molar-refractivity contribution in [2.24, 2.45) is 5.92 Å². The van der Waals surface area contributed by atoms with Gasteiger partial charge in [0.25, 0.3) is 0 Å². The molecule has 0 spiro atoms. The molecule has 0 aliphatic carbocycles. The van der Waals surface area contributed by atoms with E-state index in [0.29, 0.717) is 42.8 Å². The Morgan fingerprint density at radius 1 is 0.672 bits per heavy atom. The SMILES string of the molecule is CCCCOc1nc(N)c2[nH]cc(Cc3ccc(CN4CCCC(CCCCOc5nc(N)c6[nH]cc(Cc7ccc(CN8CCOCC8)cc7)c6n5)C4)cc3)c2n1. The van der Waals surface area contributed by atoms with Crippen molar-refractivity contribution < 1.29 is 14.2 Å². The number of rotatable bonds is 18. The number of nitrogens with two attached hydrogens (primary N) is 2. The average Bonchev–Trinajstić information content (AvgIpc) is 3.84. The van der Waals surface area contributed by atoms with E-state index in [2.05, 4.69) is 90.2 Å². The van der Waals surface area contributed by atoms with E-state index in [1.807, 2.05) is 12.4 Å². The van der Waals surface area contributed by atoms with Crippen LogP contribution in [0.1, 0.15) is 85.3 Å². The van der Waals surface area contributed by atoms with Crippen LogP contribution in [0, 0.1) is 5.92 Å². The van der Waals surface area contributed by atoms with Gasteiger partial charge in [0.15, 0.2) is 11.6 Å². The van der Waals surface area contributed by atoms with Gasteiger partial charge in [0, 0.05) is 69.1 Å². The molecular formula is C45H58N10O3. The molecule has 8 rings (SSSR count). The number of hydrogen-bond donors (Lipinski definition) is 4. The Labute approximate surface area is 340 Å². The Kier molecular flexibility index (Phi) is 13.0. The Morgan fingerprint density at radius 2 is 1.21 bits per heavy atom. The monoisotopic (exact) mass is 786 g/mol. The van der Waals surface area contributed by atoms with E-state index in [4.69, 9.17) is 30.7 Å². The van der Waals surface area contributed by atoms with Crippen LogP contribution in [0.3, 0.4) is 0 Å². The molecule has 6 aromatic rings. The molecule has 1 unspecified atom stereocenters. The third-order valence-corrected chi connectivity index (χ3v) is 11.5. The van der Waals surface area contributed by atoms with Crippen LogP contribution in [0.15, 0.2) is 60.9 Å². The predicted octanol–water partition coefficient (Wildman–Crippen LogP) is 7.05. The highest BCUT2D eigenvalue weighted by Crippen LogP contribution is 2.28. The number of fused-ring (bicyclic) bond motifs is 2. The zero-order valence-corrected chi connectivity index (χ0v) is 33.8. The first kappa shape index (κ1) is 39.6. The molecule has 1 atom stereocenters. The van der Waals surface area contributed by atoms with Gasteiger partial charge < -0.3 is 35.6 Å². The van der Waals surface area contributed by atoms with Gasteiger partial charge in [-0.3, -0.25) is 9.80 Å². The number of aromatic amines is 2. The number of nitrogen functional groups attached to an aromatic ring is 2. The minimum atomic E-state index is 0.344. The van der Waals surface area contributed by atoms with Crippen molar-refractivity contribution in [2.45, 2.75) is 77.8 Å². The maximum Gasteiger partial charge on any atom is 0.319 e. The molecule has 0 radical (unpaired) electrons. The summed E-state index contributed by atoms with van der Waals surface area (Å²) in [4.78, 5) is 29.8. The van der Waals surface area contributed by atoms with Gasteiger partial charge in [-0.25, -0.2) is 0 Å². The fraction of sp³-hybridized carbons (Fsp3) is 0.467. The highest BCUT2D eigenvalue weighted by Gasteiger charge is 2.21. The Hall–Kier alpha value is -5.24. The number of likely N-dealkylation sites (tertiary alicyclic amines) is 1. The second-order valence-corrected chi connectivity index (χ2v) is 16.0. The quantitative estimate of drug-likeness (QED) is 0.0659. The van der Waals surface area contributed by atoms with Gasteiger partial charge in [0.1, 0.15) is 22.1 Å².